The molecular weight excluding hydrogens is 740 g/mol. The fraction of sp³-hybridized carbons (Fsp3) is 0.571. The van der Waals surface area contributed by atoms with Gasteiger partial charge in [-0.2, -0.15) is 0 Å². The maximum Gasteiger partial charge on any atom is 0.331 e. The van der Waals surface area contributed by atoms with Crippen molar-refractivity contribution >= 4 is 12.0 Å². The second kappa shape index (κ2) is 18.5. The minimum atomic E-state index is -1.88. The van der Waals surface area contributed by atoms with Crippen LogP contribution in [0, 0.1) is 0 Å². The van der Waals surface area contributed by atoms with Gasteiger partial charge >= 0.3 is 5.97 Å². The minimum Gasteiger partial charge on any atom is -0.504 e. The number of hydrogen-bond donors (Lipinski definition) is 12. The number of carbonyl (C=O) groups excluding carboxylic acids is 1. The molecule has 0 aromatic heterocycles. The number of ether oxygens (including phenoxy) is 7. The smallest absolute Gasteiger partial charge is 0.331 e. The van der Waals surface area contributed by atoms with Gasteiger partial charge in [-0.25, -0.2) is 4.79 Å². The lowest BCUT2D eigenvalue weighted by Crippen LogP contribution is -2.65. The molecule has 2 aromatic carbocycles. The summed E-state index contributed by atoms with van der Waals surface area (Å²) in [6.45, 7) is -0.254. The highest BCUT2D eigenvalue weighted by Crippen LogP contribution is 2.33. The molecule has 0 unspecified atom stereocenters. The highest BCUT2D eigenvalue weighted by atomic mass is 16.8. The third-order valence-corrected chi connectivity index (χ3v) is 9.36. The van der Waals surface area contributed by atoms with E-state index in [0.717, 1.165) is 12.1 Å². The van der Waals surface area contributed by atoms with Crippen LogP contribution < -0.4 is 0 Å². The van der Waals surface area contributed by atoms with Crippen LogP contribution in [0.1, 0.15) is 18.1 Å². The number of aromatic hydroxyl groups is 4. The number of carbonyl (C=O) groups is 1. The van der Waals surface area contributed by atoms with Gasteiger partial charge in [-0.1, -0.05) is 12.1 Å². The van der Waals surface area contributed by atoms with E-state index in [1.165, 1.54) is 43.3 Å². The fourth-order valence-corrected chi connectivity index (χ4v) is 6.14. The lowest BCUT2D eigenvalue weighted by molar-refractivity contribution is -0.364. The Morgan fingerprint density at radius 3 is 1.96 bits per heavy atom. The van der Waals surface area contributed by atoms with E-state index >= 15 is 0 Å². The summed E-state index contributed by atoms with van der Waals surface area (Å²) >= 11 is 0. The van der Waals surface area contributed by atoms with Gasteiger partial charge < -0.3 is 94.4 Å². The Morgan fingerprint density at radius 1 is 0.673 bits per heavy atom. The van der Waals surface area contributed by atoms with Gasteiger partial charge in [0.05, 0.1) is 25.9 Å². The molecular formula is C35H46O20. The first-order valence-electron chi connectivity index (χ1n) is 17.2. The van der Waals surface area contributed by atoms with Crippen molar-refractivity contribution in [1.82, 2.24) is 0 Å². The molecule has 306 valence electrons. The number of phenols is 4. The third kappa shape index (κ3) is 10.0. The first-order valence-corrected chi connectivity index (χ1v) is 17.2. The Bertz CT molecular complexity index is 1610. The van der Waals surface area contributed by atoms with Crippen molar-refractivity contribution in [3.8, 4) is 23.0 Å². The summed E-state index contributed by atoms with van der Waals surface area (Å²) in [6.07, 6.45) is -22.6. The first-order chi connectivity index (χ1) is 26.1. The van der Waals surface area contributed by atoms with Crippen molar-refractivity contribution in [2.45, 2.75) is 105 Å². The predicted octanol–water partition coefficient (Wildman–Crippen LogP) is -3.19. The second-order valence-electron chi connectivity index (χ2n) is 13.3. The van der Waals surface area contributed by atoms with Crippen molar-refractivity contribution < 1.29 is 99.2 Å². The molecule has 0 aliphatic carbocycles. The molecule has 0 spiro atoms. The molecule has 3 fully saturated rings. The summed E-state index contributed by atoms with van der Waals surface area (Å²) in [6, 6.07) is 7.75. The molecule has 0 radical (unpaired) electrons. The van der Waals surface area contributed by atoms with Crippen LogP contribution in [0.15, 0.2) is 42.5 Å². The van der Waals surface area contributed by atoms with Crippen molar-refractivity contribution in [2.24, 2.45) is 0 Å². The Balaban J connectivity index is 1.43. The van der Waals surface area contributed by atoms with Crippen LogP contribution in [0.4, 0.5) is 0 Å². The predicted molar refractivity (Wildman–Crippen MR) is 180 cm³/mol. The maximum absolute atomic E-state index is 13.3. The van der Waals surface area contributed by atoms with E-state index in [4.69, 9.17) is 33.2 Å². The van der Waals surface area contributed by atoms with Gasteiger partial charge in [0.15, 0.2) is 48.0 Å². The average Bonchev–Trinajstić information content (AvgIpc) is 3.16. The molecule has 20 nitrogen and oxygen atoms in total. The number of aliphatic hydroxyl groups excluding tert-OH is 8. The summed E-state index contributed by atoms with van der Waals surface area (Å²) in [5, 5.41) is 123. The number of rotatable bonds is 13. The highest BCUT2D eigenvalue weighted by molar-refractivity contribution is 5.87. The fourth-order valence-electron chi connectivity index (χ4n) is 6.14. The molecule has 3 aliphatic heterocycles. The monoisotopic (exact) mass is 786 g/mol. The molecule has 5 rings (SSSR count). The number of hydrogen-bond acceptors (Lipinski definition) is 20. The van der Waals surface area contributed by atoms with Gasteiger partial charge in [-0.05, 0) is 54.8 Å². The van der Waals surface area contributed by atoms with Gasteiger partial charge in [0.2, 0.25) is 0 Å². The lowest BCUT2D eigenvalue weighted by Gasteiger charge is -2.47. The maximum atomic E-state index is 13.3. The van der Waals surface area contributed by atoms with E-state index in [0.29, 0.717) is 5.56 Å². The molecule has 55 heavy (non-hydrogen) atoms. The van der Waals surface area contributed by atoms with Crippen molar-refractivity contribution in [3.63, 3.8) is 0 Å². The van der Waals surface area contributed by atoms with E-state index in [1.54, 1.807) is 0 Å². The molecule has 12 N–H and O–H groups in total. The third-order valence-electron chi connectivity index (χ3n) is 9.36. The molecule has 0 amide bonds. The van der Waals surface area contributed by atoms with Crippen LogP contribution in [0.3, 0.4) is 0 Å². The zero-order valence-corrected chi connectivity index (χ0v) is 29.2. The average molecular weight is 787 g/mol. The quantitative estimate of drug-likeness (QED) is 0.0541. The van der Waals surface area contributed by atoms with Gasteiger partial charge in [-0.15, -0.1) is 0 Å². The highest BCUT2D eigenvalue weighted by Gasteiger charge is 2.53. The molecule has 3 saturated heterocycles. The topological polar surface area (TPSA) is 324 Å². The largest absolute Gasteiger partial charge is 0.504 e. The summed E-state index contributed by atoms with van der Waals surface area (Å²) in [7, 11) is 0. The summed E-state index contributed by atoms with van der Waals surface area (Å²) < 4.78 is 40.2. The normalized spacial score (nSPS) is 36.9. The van der Waals surface area contributed by atoms with Crippen LogP contribution in [0.5, 0.6) is 23.0 Å². The lowest BCUT2D eigenvalue weighted by atomic mass is 9.96. The van der Waals surface area contributed by atoms with Crippen molar-refractivity contribution in [3.05, 3.63) is 53.6 Å². The van der Waals surface area contributed by atoms with Crippen molar-refractivity contribution in [1.29, 1.82) is 0 Å². The SMILES string of the molecule is C[C@H]1O[C@H](O[C@H]2[C@H](O)[C@@H](OCCc3ccc(O)c(O)c3)O[C@@H](CO[C@H]3O[C@@H](CO)[C@@H](O)[C@@H](O)[C@@H]3O)[C@@H]2OC(=O)/C=C/c2ccc(O)c(O)c2)[C@@H](O)[C@@H](O)[C@@H]1O. The molecule has 3 heterocycles. The number of phenolic OH excluding ortho intramolecular Hbond substituents is 4. The summed E-state index contributed by atoms with van der Waals surface area (Å²) in [5.74, 6) is -2.71. The van der Waals surface area contributed by atoms with E-state index in [-0.39, 0.29) is 30.1 Å². The zero-order chi connectivity index (χ0) is 40.1. The Morgan fingerprint density at radius 2 is 1.29 bits per heavy atom. The van der Waals surface area contributed by atoms with Crippen LogP contribution in [0.25, 0.3) is 6.08 Å². The molecule has 0 bridgehead atoms. The summed E-state index contributed by atoms with van der Waals surface area (Å²) in [5.41, 5.74) is 0.773. The Labute approximate surface area is 313 Å². The number of esters is 1. The van der Waals surface area contributed by atoms with E-state index in [2.05, 4.69) is 0 Å². The van der Waals surface area contributed by atoms with E-state index in [1.807, 2.05) is 0 Å². The second-order valence-corrected chi connectivity index (χ2v) is 13.3. The Kier molecular flexibility index (Phi) is 14.3. The minimum absolute atomic E-state index is 0.111. The zero-order valence-electron chi connectivity index (χ0n) is 29.2. The van der Waals surface area contributed by atoms with Gasteiger partial charge in [0.25, 0.3) is 0 Å². The van der Waals surface area contributed by atoms with Crippen LogP contribution >= 0.6 is 0 Å². The Hall–Kier alpha value is -3.71. The first kappa shape index (κ1) is 42.4. The number of benzene rings is 2. The van der Waals surface area contributed by atoms with Crippen LogP contribution in [0.2, 0.25) is 0 Å². The summed E-state index contributed by atoms with van der Waals surface area (Å²) in [4.78, 5) is 13.3. The van der Waals surface area contributed by atoms with Gasteiger partial charge in [-0.3, -0.25) is 0 Å². The molecule has 15 atom stereocenters. The molecule has 0 saturated carbocycles. The molecule has 3 aliphatic rings. The van der Waals surface area contributed by atoms with Gasteiger partial charge in [0.1, 0.15) is 61.0 Å². The van der Waals surface area contributed by atoms with Crippen LogP contribution in [-0.2, 0) is 44.4 Å². The van der Waals surface area contributed by atoms with Crippen molar-refractivity contribution in [2.75, 3.05) is 19.8 Å². The van der Waals surface area contributed by atoms with Crippen LogP contribution in [-0.4, -0.2) is 179 Å². The molecule has 2 aromatic rings. The standard InChI is InChI=1S/C35H46O20/c1-14-24(42)26(44)29(47)35(51-14)55-32-30(48)34(49-9-8-16-3-6-18(38)20(40)11-16)53-22(13-50-33-28(46)27(45)25(43)21(12-36)52-33)31(32)54-23(41)7-4-15-2-5-17(37)19(39)10-15/h2-7,10-11,14,21-22,24-40,42-48H,8-9,12-13H2,1H3/b7-4+/t14-,21+,22+,24-,25-,26+,27-,28+,29+,30+,31+,32+,33+,34+,35-/m1/s1. The van der Waals surface area contributed by atoms with E-state index < -0.39 is 123 Å². The van der Waals surface area contributed by atoms with Gasteiger partial charge in [0, 0.05) is 6.08 Å². The number of aliphatic hydroxyl groups is 8. The molecule has 20 heteroatoms. The van der Waals surface area contributed by atoms with E-state index in [9.17, 15) is 66.1 Å².